The number of nitrogens with zero attached hydrogens (tertiary/aromatic N) is 2. The molecule has 0 fully saturated rings. The summed E-state index contributed by atoms with van der Waals surface area (Å²) < 4.78 is 27.0. The van der Waals surface area contributed by atoms with E-state index >= 15 is 0 Å². The Morgan fingerprint density at radius 1 is 0.892 bits per heavy atom. The predicted octanol–water partition coefficient (Wildman–Crippen LogP) is 4.91. The van der Waals surface area contributed by atoms with Gasteiger partial charge in [0.25, 0.3) is 5.91 Å². The Kier molecular flexibility index (Phi) is 5.79. The molecule has 0 bridgehead atoms. The van der Waals surface area contributed by atoms with Gasteiger partial charge in [-0.1, -0.05) is 6.07 Å². The van der Waals surface area contributed by atoms with Crippen LogP contribution in [0.4, 0.5) is 37.2 Å². The van der Waals surface area contributed by atoms with Crippen LogP contribution >= 0.6 is 0 Å². The first-order valence-corrected chi connectivity index (χ1v) is 11.3. The fourth-order valence-electron chi connectivity index (χ4n) is 4.34. The van der Waals surface area contributed by atoms with Crippen molar-refractivity contribution in [2.75, 3.05) is 16.0 Å². The summed E-state index contributed by atoms with van der Waals surface area (Å²) in [5.74, 6) is -2.82. The number of pyridine rings is 2. The molecule has 0 radical (unpaired) electrons. The van der Waals surface area contributed by atoms with Gasteiger partial charge in [-0.25, -0.2) is 0 Å². The van der Waals surface area contributed by atoms with Crippen LogP contribution in [0.5, 0.6) is 0 Å². The number of carbonyl (C=O) groups is 2. The van der Waals surface area contributed by atoms with Crippen LogP contribution in [0.15, 0.2) is 66.9 Å². The molecule has 2 aromatic carbocycles. The second-order valence-electron chi connectivity index (χ2n) is 8.90. The number of aromatic nitrogens is 2. The van der Waals surface area contributed by atoms with E-state index in [1.165, 1.54) is 0 Å². The van der Waals surface area contributed by atoms with Crippen LogP contribution in [0, 0.1) is 18.8 Å². The number of hydrogen-bond acceptors (Lipinski definition) is 6. The van der Waals surface area contributed by atoms with Crippen LogP contribution in [0.2, 0.25) is 0 Å². The second-order valence-corrected chi connectivity index (χ2v) is 8.90. The third-order valence-corrected chi connectivity index (χ3v) is 6.40. The molecule has 5 rings (SSSR count). The summed E-state index contributed by atoms with van der Waals surface area (Å²) in [5, 5.41) is 9.02. The first-order chi connectivity index (χ1) is 17.6. The van der Waals surface area contributed by atoms with Crippen molar-refractivity contribution >= 4 is 40.3 Å². The van der Waals surface area contributed by atoms with E-state index in [0.717, 1.165) is 17.8 Å². The molecular weight excluding hydrogens is 478 g/mol. The number of primary amides is 1. The number of nitrogens with one attached hydrogen (secondary N) is 3. The average molecular weight is 501 g/mol. The van der Waals surface area contributed by atoms with Gasteiger partial charge in [0.05, 0.1) is 28.0 Å². The number of carbonyl (C=O) groups excluding carboxylic acids is 2. The molecule has 1 unspecified atom stereocenters. The maximum atomic E-state index is 13.5. The fraction of sp³-hybridized carbons (Fsp3) is 0.111. The Bertz CT molecular complexity index is 1550. The summed E-state index contributed by atoms with van der Waals surface area (Å²) in [6, 6.07) is 15.8. The van der Waals surface area contributed by atoms with Crippen LogP contribution in [0.25, 0.3) is 0 Å². The van der Waals surface area contributed by atoms with Gasteiger partial charge in [0.15, 0.2) is 0 Å². The first kappa shape index (κ1) is 23.9. The number of halogens is 2. The number of anilines is 5. The molecule has 186 valence electrons. The lowest BCUT2D eigenvalue weighted by molar-refractivity contribution is -0.121. The molecule has 0 aliphatic carbocycles. The highest BCUT2D eigenvalue weighted by Gasteiger charge is 2.36. The molecule has 10 heteroatoms. The summed E-state index contributed by atoms with van der Waals surface area (Å²) in [7, 11) is 0. The van der Waals surface area contributed by atoms with Crippen molar-refractivity contribution in [1.82, 2.24) is 9.97 Å². The van der Waals surface area contributed by atoms with E-state index in [4.69, 9.17) is 5.73 Å². The van der Waals surface area contributed by atoms with Gasteiger partial charge in [0.1, 0.15) is 0 Å². The van der Waals surface area contributed by atoms with Crippen molar-refractivity contribution in [1.29, 1.82) is 0 Å². The van der Waals surface area contributed by atoms with Crippen molar-refractivity contribution in [2.24, 2.45) is 5.73 Å². The molecule has 1 aliphatic rings. The molecule has 3 heterocycles. The van der Waals surface area contributed by atoms with Crippen LogP contribution in [0.1, 0.15) is 34.1 Å². The largest absolute Gasteiger partial charge is 0.369 e. The zero-order valence-corrected chi connectivity index (χ0v) is 19.9. The molecule has 1 atom stereocenters. The second kappa shape index (κ2) is 8.98. The van der Waals surface area contributed by atoms with Gasteiger partial charge in [-0.3, -0.25) is 14.6 Å². The number of aryl methyl sites for hydroxylation is 1. The number of amides is 2. The van der Waals surface area contributed by atoms with Crippen molar-refractivity contribution in [2.45, 2.75) is 19.3 Å². The van der Waals surface area contributed by atoms with Crippen molar-refractivity contribution < 1.29 is 18.4 Å². The van der Waals surface area contributed by atoms with Gasteiger partial charge in [-0.2, -0.15) is 13.8 Å². The molecule has 5 N–H and O–H groups in total. The maximum Gasteiger partial charge on any atom is 0.257 e. The van der Waals surface area contributed by atoms with E-state index in [-0.39, 0.29) is 11.6 Å². The molecule has 1 aliphatic heterocycles. The lowest BCUT2D eigenvalue weighted by atomic mass is 9.75. The Morgan fingerprint density at radius 3 is 2.32 bits per heavy atom. The number of benzene rings is 2. The molecule has 37 heavy (non-hydrogen) atoms. The Morgan fingerprint density at radius 2 is 1.62 bits per heavy atom. The maximum absolute atomic E-state index is 13.5. The standard InChI is InChI=1S/C27H22F2N6O2/c1-14-9-16(7-8-31-14)27(2,26(30)37)15-3-6-20-22(10-15)34-25(36)19-5-4-17(11-21(19)33-20)32-18-12-23(28)35-24(29)13-18/h3-13,33H,1-2H3,(H2,30,37)(H,32,35)(H,34,36). The van der Waals surface area contributed by atoms with Gasteiger partial charge in [0.2, 0.25) is 17.8 Å². The number of rotatable bonds is 5. The minimum Gasteiger partial charge on any atom is -0.369 e. The van der Waals surface area contributed by atoms with Crippen LogP contribution in [-0.4, -0.2) is 21.8 Å². The minimum atomic E-state index is -1.17. The van der Waals surface area contributed by atoms with E-state index in [1.54, 1.807) is 61.7 Å². The highest BCUT2D eigenvalue weighted by molar-refractivity contribution is 6.12. The molecule has 0 spiro atoms. The van der Waals surface area contributed by atoms with Crippen molar-refractivity contribution in [3.63, 3.8) is 0 Å². The zero-order chi connectivity index (χ0) is 26.3. The molecule has 0 saturated carbocycles. The summed E-state index contributed by atoms with van der Waals surface area (Å²) in [4.78, 5) is 33.0. The van der Waals surface area contributed by atoms with Gasteiger partial charge in [-0.05, 0) is 67.4 Å². The smallest absolute Gasteiger partial charge is 0.257 e. The lowest BCUT2D eigenvalue weighted by Crippen LogP contribution is -2.39. The van der Waals surface area contributed by atoms with E-state index in [2.05, 4.69) is 25.9 Å². The molecule has 2 amide bonds. The number of hydrogen-bond donors (Lipinski definition) is 4. The average Bonchev–Trinajstić information content (AvgIpc) is 2.97. The minimum absolute atomic E-state index is 0.171. The monoisotopic (exact) mass is 500 g/mol. The summed E-state index contributed by atoms with van der Waals surface area (Å²) in [6.45, 7) is 3.56. The van der Waals surface area contributed by atoms with Crippen molar-refractivity contribution in [3.8, 4) is 0 Å². The van der Waals surface area contributed by atoms with Gasteiger partial charge in [-0.15, -0.1) is 0 Å². The Labute approximate surface area is 211 Å². The number of nitrogens with two attached hydrogens (primary N) is 1. The number of fused-ring (bicyclic) bond motifs is 2. The van der Waals surface area contributed by atoms with Gasteiger partial charge < -0.3 is 21.7 Å². The quantitative estimate of drug-likeness (QED) is 0.289. The SMILES string of the molecule is Cc1cc(C(C)(C(N)=O)c2ccc3c(c2)NC(=O)c2ccc(Nc4cc(F)nc(F)c4)cc2N3)ccn1. The predicted molar refractivity (Wildman–Crippen MR) is 136 cm³/mol. The van der Waals surface area contributed by atoms with E-state index < -0.39 is 23.2 Å². The molecular formula is C27H22F2N6O2. The molecule has 0 saturated heterocycles. The molecule has 8 nitrogen and oxygen atoms in total. The van der Waals surface area contributed by atoms with Crippen LogP contribution in [-0.2, 0) is 10.2 Å². The zero-order valence-electron chi connectivity index (χ0n) is 19.9. The first-order valence-electron chi connectivity index (χ1n) is 11.3. The van der Waals surface area contributed by atoms with Crippen LogP contribution in [0.3, 0.4) is 0 Å². The Hall–Kier alpha value is -4.86. The highest BCUT2D eigenvalue weighted by Crippen LogP contribution is 2.39. The van der Waals surface area contributed by atoms with Crippen molar-refractivity contribution in [3.05, 3.63) is 101 Å². The fourth-order valence-corrected chi connectivity index (χ4v) is 4.34. The topological polar surface area (TPSA) is 122 Å². The summed E-state index contributed by atoms with van der Waals surface area (Å²) >= 11 is 0. The van der Waals surface area contributed by atoms with Crippen LogP contribution < -0.4 is 21.7 Å². The molecule has 2 aromatic heterocycles. The normalized spacial score (nSPS) is 13.8. The lowest BCUT2D eigenvalue weighted by Gasteiger charge is -2.28. The van der Waals surface area contributed by atoms with E-state index in [1.807, 2.05) is 6.92 Å². The van der Waals surface area contributed by atoms with Gasteiger partial charge in [0, 0.05) is 35.4 Å². The van der Waals surface area contributed by atoms with E-state index in [9.17, 15) is 18.4 Å². The molecule has 4 aromatic rings. The third kappa shape index (κ3) is 4.44. The highest BCUT2D eigenvalue weighted by atomic mass is 19.1. The Balaban J connectivity index is 1.51. The third-order valence-electron chi connectivity index (χ3n) is 6.40. The summed E-state index contributed by atoms with van der Waals surface area (Å²) in [6.07, 6.45) is 1.62. The van der Waals surface area contributed by atoms with E-state index in [0.29, 0.717) is 39.4 Å². The summed E-state index contributed by atoms with van der Waals surface area (Å²) in [5.41, 5.74) is 9.28. The van der Waals surface area contributed by atoms with Gasteiger partial charge >= 0.3 is 0 Å².